The lowest BCUT2D eigenvalue weighted by Gasteiger charge is -2.15. The van der Waals surface area contributed by atoms with Crippen molar-refractivity contribution in [2.75, 3.05) is 6.54 Å². The molecule has 0 radical (unpaired) electrons. The SMILES string of the molecule is CC[C@@H](C)CCCNC(C)CCC(C)C. The molecule has 0 bridgehead atoms. The smallest absolute Gasteiger partial charge is 0.00388 e. The number of hydrogen-bond acceptors (Lipinski definition) is 1. The predicted octanol–water partition coefficient (Wildman–Crippen LogP) is 4.23. The summed E-state index contributed by atoms with van der Waals surface area (Å²) in [5.41, 5.74) is 0. The molecule has 0 heterocycles. The van der Waals surface area contributed by atoms with E-state index in [1.54, 1.807) is 0 Å². The van der Waals surface area contributed by atoms with Crippen molar-refractivity contribution in [1.29, 1.82) is 0 Å². The third-order valence-corrected chi connectivity index (χ3v) is 3.24. The van der Waals surface area contributed by atoms with Crippen molar-refractivity contribution >= 4 is 0 Å². The lowest BCUT2D eigenvalue weighted by molar-refractivity contribution is 0.426. The molecular formula is C14H31N. The molecular weight excluding hydrogens is 182 g/mol. The average Bonchev–Trinajstić information content (AvgIpc) is 2.21. The van der Waals surface area contributed by atoms with Crippen molar-refractivity contribution in [3.05, 3.63) is 0 Å². The van der Waals surface area contributed by atoms with Gasteiger partial charge in [0.2, 0.25) is 0 Å². The van der Waals surface area contributed by atoms with Crippen molar-refractivity contribution < 1.29 is 0 Å². The molecule has 1 nitrogen and oxygen atoms in total. The molecule has 0 amide bonds. The van der Waals surface area contributed by atoms with E-state index in [-0.39, 0.29) is 0 Å². The highest BCUT2D eigenvalue weighted by atomic mass is 14.9. The molecule has 0 saturated heterocycles. The lowest BCUT2D eigenvalue weighted by Crippen LogP contribution is -2.27. The molecule has 1 unspecified atom stereocenters. The van der Waals surface area contributed by atoms with Gasteiger partial charge in [-0.05, 0) is 51.0 Å². The fourth-order valence-electron chi connectivity index (χ4n) is 1.69. The zero-order chi connectivity index (χ0) is 11.7. The van der Waals surface area contributed by atoms with E-state index in [4.69, 9.17) is 0 Å². The molecule has 15 heavy (non-hydrogen) atoms. The molecule has 0 aliphatic carbocycles. The van der Waals surface area contributed by atoms with Crippen LogP contribution in [0.4, 0.5) is 0 Å². The molecule has 0 aromatic carbocycles. The molecule has 0 fully saturated rings. The van der Waals surface area contributed by atoms with Crippen LogP contribution < -0.4 is 5.32 Å². The molecule has 0 spiro atoms. The topological polar surface area (TPSA) is 12.0 Å². The van der Waals surface area contributed by atoms with Crippen molar-refractivity contribution in [3.63, 3.8) is 0 Å². The summed E-state index contributed by atoms with van der Waals surface area (Å²) in [6.45, 7) is 12.7. The second-order valence-electron chi connectivity index (χ2n) is 5.48. The van der Waals surface area contributed by atoms with E-state index in [0.717, 1.165) is 11.8 Å². The number of nitrogens with one attached hydrogen (secondary N) is 1. The van der Waals surface area contributed by atoms with E-state index in [0.29, 0.717) is 6.04 Å². The molecule has 0 aliphatic rings. The van der Waals surface area contributed by atoms with Gasteiger partial charge in [-0.3, -0.25) is 0 Å². The summed E-state index contributed by atoms with van der Waals surface area (Å²) in [5.74, 6) is 1.74. The first-order chi connectivity index (χ1) is 7.06. The quantitative estimate of drug-likeness (QED) is 0.565. The standard InChI is InChI=1S/C14H31N/c1-6-13(4)8-7-11-15-14(5)10-9-12(2)3/h12-15H,6-11H2,1-5H3/t13-,14?/m1/s1. The number of rotatable bonds is 9. The summed E-state index contributed by atoms with van der Waals surface area (Å²) >= 11 is 0. The maximum absolute atomic E-state index is 3.62. The summed E-state index contributed by atoms with van der Waals surface area (Å²) in [7, 11) is 0. The van der Waals surface area contributed by atoms with Crippen LogP contribution in [0.1, 0.15) is 66.7 Å². The van der Waals surface area contributed by atoms with Crippen molar-refractivity contribution in [2.45, 2.75) is 72.8 Å². The molecule has 0 aromatic heterocycles. The van der Waals surface area contributed by atoms with Crippen molar-refractivity contribution in [2.24, 2.45) is 11.8 Å². The number of hydrogen-bond donors (Lipinski definition) is 1. The van der Waals surface area contributed by atoms with Crippen LogP contribution in [0.15, 0.2) is 0 Å². The fourth-order valence-corrected chi connectivity index (χ4v) is 1.69. The lowest BCUT2D eigenvalue weighted by atomic mass is 10.0. The molecule has 0 aromatic rings. The highest BCUT2D eigenvalue weighted by Crippen LogP contribution is 2.09. The summed E-state index contributed by atoms with van der Waals surface area (Å²) in [6, 6.07) is 0.698. The third kappa shape index (κ3) is 10.2. The Morgan fingerprint density at radius 2 is 1.60 bits per heavy atom. The summed E-state index contributed by atoms with van der Waals surface area (Å²) in [5, 5.41) is 3.62. The summed E-state index contributed by atoms with van der Waals surface area (Å²) in [4.78, 5) is 0. The van der Waals surface area contributed by atoms with Crippen LogP contribution in [0.5, 0.6) is 0 Å². The Labute approximate surface area is 97.0 Å². The van der Waals surface area contributed by atoms with Crippen molar-refractivity contribution in [3.8, 4) is 0 Å². The van der Waals surface area contributed by atoms with E-state index >= 15 is 0 Å². The molecule has 0 saturated carbocycles. The van der Waals surface area contributed by atoms with Gasteiger partial charge in [0.1, 0.15) is 0 Å². The van der Waals surface area contributed by atoms with E-state index in [2.05, 4.69) is 39.9 Å². The molecule has 0 aliphatic heterocycles. The predicted molar refractivity (Wildman–Crippen MR) is 70.2 cm³/mol. The van der Waals surface area contributed by atoms with E-state index < -0.39 is 0 Å². The van der Waals surface area contributed by atoms with Gasteiger partial charge < -0.3 is 5.32 Å². The molecule has 2 atom stereocenters. The summed E-state index contributed by atoms with van der Waals surface area (Å²) in [6.07, 6.45) is 6.70. The highest BCUT2D eigenvalue weighted by Gasteiger charge is 2.03. The van der Waals surface area contributed by atoms with Crippen LogP contribution in [0.3, 0.4) is 0 Å². The van der Waals surface area contributed by atoms with Crippen LogP contribution in [0.2, 0.25) is 0 Å². The normalized spacial score (nSPS) is 15.6. The summed E-state index contributed by atoms with van der Waals surface area (Å²) < 4.78 is 0. The van der Waals surface area contributed by atoms with Crippen LogP contribution in [0, 0.1) is 11.8 Å². The monoisotopic (exact) mass is 213 g/mol. The zero-order valence-corrected chi connectivity index (χ0v) is 11.5. The maximum atomic E-state index is 3.62. The second kappa shape index (κ2) is 9.21. The first-order valence-corrected chi connectivity index (χ1v) is 6.79. The largest absolute Gasteiger partial charge is 0.314 e. The molecule has 1 heteroatoms. The van der Waals surface area contributed by atoms with Gasteiger partial charge in [-0.15, -0.1) is 0 Å². The Balaban J connectivity index is 3.27. The Morgan fingerprint density at radius 1 is 0.933 bits per heavy atom. The van der Waals surface area contributed by atoms with Crippen LogP contribution in [0.25, 0.3) is 0 Å². The van der Waals surface area contributed by atoms with E-state index in [9.17, 15) is 0 Å². The van der Waals surface area contributed by atoms with Crippen molar-refractivity contribution in [1.82, 2.24) is 5.32 Å². The second-order valence-corrected chi connectivity index (χ2v) is 5.48. The Morgan fingerprint density at radius 3 is 2.13 bits per heavy atom. The van der Waals surface area contributed by atoms with Gasteiger partial charge in [0.25, 0.3) is 0 Å². The van der Waals surface area contributed by atoms with Gasteiger partial charge in [-0.2, -0.15) is 0 Å². The van der Waals surface area contributed by atoms with E-state index in [1.807, 2.05) is 0 Å². The van der Waals surface area contributed by atoms with E-state index in [1.165, 1.54) is 38.6 Å². The highest BCUT2D eigenvalue weighted by molar-refractivity contribution is 4.62. The van der Waals surface area contributed by atoms with Gasteiger partial charge in [-0.25, -0.2) is 0 Å². The first-order valence-electron chi connectivity index (χ1n) is 6.79. The zero-order valence-electron chi connectivity index (χ0n) is 11.5. The van der Waals surface area contributed by atoms with Gasteiger partial charge in [0, 0.05) is 6.04 Å². The molecule has 92 valence electrons. The average molecular weight is 213 g/mol. The van der Waals surface area contributed by atoms with Gasteiger partial charge in [0.15, 0.2) is 0 Å². The fraction of sp³-hybridized carbons (Fsp3) is 1.00. The molecule has 0 rings (SSSR count). The Hall–Kier alpha value is -0.0400. The van der Waals surface area contributed by atoms with Crippen LogP contribution >= 0.6 is 0 Å². The van der Waals surface area contributed by atoms with Gasteiger partial charge in [-0.1, -0.05) is 34.1 Å². The minimum absolute atomic E-state index is 0.698. The molecule has 1 N–H and O–H groups in total. The van der Waals surface area contributed by atoms with Crippen LogP contribution in [-0.2, 0) is 0 Å². The maximum Gasteiger partial charge on any atom is 0.00388 e. The minimum Gasteiger partial charge on any atom is -0.314 e. The third-order valence-electron chi connectivity index (χ3n) is 3.24. The Bertz CT molecular complexity index is 131. The van der Waals surface area contributed by atoms with Gasteiger partial charge in [0.05, 0.1) is 0 Å². The van der Waals surface area contributed by atoms with Crippen LogP contribution in [-0.4, -0.2) is 12.6 Å². The Kier molecular flexibility index (Phi) is 9.18. The minimum atomic E-state index is 0.698. The van der Waals surface area contributed by atoms with Gasteiger partial charge >= 0.3 is 0 Å². The first kappa shape index (κ1) is 15.0.